The number of aromatic nitrogens is 1. The molecule has 3 nitrogen and oxygen atoms in total. The molecule has 0 amide bonds. The highest BCUT2D eigenvalue weighted by molar-refractivity contribution is 5.32. The molecule has 1 aromatic heterocycles. The zero-order valence-electron chi connectivity index (χ0n) is 9.91. The molecule has 3 rings (SSSR count). The van der Waals surface area contributed by atoms with Crippen molar-refractivity contribution in [1.82, 2.24) is 9.88 Å². The first-order valence-electron chi connectivity index (χ1n) is 6.36. The average Bonchev–Trinajstić information content (AvgIpc) is 2.78. The van der Waals surface area contributed by atoms with Crippen LogP contribution in [0.2, 0.25) is 0 Å². The van der Waals surface area contributed by atoms with E-state index in [2.05, 4.69) is 9.88 Å². The Hall–Kier alpha value is -1.16. The summed E-state index contributed by atoms with van der Waals surface area (Å²) in [7, 11) is 0. The molecule has 4 heteroatoms. The van der Waals surface area contributed by atoms with E-state index in [9.17, 15) is 4.39 Å². The van der Waals surface area contributed by atoms with Crippen molar-refractivity contribution in [2.75, 3.05) is 19.7 Å². The molecule has 0 unspecified atom stereocenters. The topological polar surface area (TPSA) is 25.4 Å². The molecule has 2 aliphatic rings. The van der Waals surface area contributed by atoms with Gasteiger partial charge in [-0.2, -0.15) is 0 Å². The van der Waals surface area contributed by atoms with E-state index in [4.69, 9.17) is 4.74 Å². The Morgan fingerprint density at radius 2 is 2.12 bits per heavy atom. The van der Waals surface area contributed by atoms with Crippen molar-refractivity contribution < 1.29 is 9.13 Å². The van der Waals surface area contributed by atoms with Crippen LogP contribution >= 0.6 is 0 Å². The van der Waals surface area contributed by atoms with Gasteiger partial charge in [0, 0.05) is 18.5 Å². The zero-order chi connectivity index (χ0) is 11.7. The molecule has 1 aromatic rings. The van der Waals surface area contributed by atoms with Crippen molar-refractivity contribution in [3.8, 4) is 5.88 Å². The van der Waals surface area contributed by atoms with Crippen molar-refractivity contribution >= 4 is 0 Å². The van der Waals surface area contributed by atoms with Crippen LogP contribution in [0.3, 0.4) is 0 Å². The molecule has 0 radical (unpaired) electrons. The minimum atomic E-state index is -0.181. The van der Waals surface area contributed by atoms with Crippen molar-refractivity contribution in [3.05, 3.63) is 23.1 Å². The Labute approximate surface area is 101 Å². The van der Waals surface area contributed by atoms with Gasteiger partial charge in [-0.05, 0) is 32.0 Å². The van der Waals surface area contributed by atoms with Crippen LogP contribution in [0.1, 0.15) is 30.5 Å². The third-order valence-corrected chi connectivity index (χ3v) is 3.52. The van der Waals surface area contributed by atoms with Gasteiger partial charge in [0.2, 0.25) is 5.88 Å². The van der Waals surface area contributed by atoms with Gasteiger partial charge in [0.15, 0.2) is 0 Å². The summed E-state index contributed by atoms with van der Waals surface area (Å²) < 4.78 is 19.2. The fourth-order valence-corrected chi connectivity index (χ4v) is 2.55. The van der Waals surface area contributed by atoms with Gasteiger partial charge >= 0.3 is 0 Å². The van der Waals surface area contributed by atoms with Crippen LogP contribution in [0.15, 0.2) is 6.07 Å². The maximum Gasteiger partial charge on any atom is 0.217 e. The van der Waals surface area contributed by atoms with E-state index < -0.39 is 0 Å². The highest BCUT2D eigenvalue weighted by Gasteiger charge is 2.20. The standard InChI is InChI=1S/C13H17FN2O/c14-11-8-10-4-7-17-13(10)15-12(11)9-16-5-2-1-3-6-16/h8H,1-7,9H2. The fourth-order valence-electron chi connectivity index (χ4n) is 2.55. The molecule has 3 heterocycles. The summed E-state index contributed by atoms with van der Waals surface area (Å²) in [6.45, 7) is 3.36. The van der Waals surface area contributed by atoms with Gasteiger partial charge in [-0.25, -0.2) is 9.37 Å². The van der Waals surface area contributed by atoms with Crippen molar-refractivity contribution in [2.24, 2.45) is 0 Å². The monoisotopic (exact) mass is 236 g/mol. The number of likely N-dealkylation sites (tertiary alicyclic amines) is 1. The molecule has 0 bridgehead atoms. The molecule has 0 aliphatic carbocycles. The van der Waals surface area contributed by atoms with Crippen molar-refractivity contribution in [3.63, 3.8) is 0 Å². The van der Waals surface area contributed by atoms with Crippen LogP contribution in [0.25, 0.3) is 0 Å². The Morgan fingerprint density at radius 1 is 1.29 bits per heavy atom. The number of nitrogens with zero attached hydrogens (tertiary/aromatic N) is 2. The van der Waals surface area contributed by atoms with E-state index in [1.54, 1.807) is 6.07 Å². The summed E-state index contributed by atoms with van der Waals surface area (Å²) in [4.78, 5) is 6.58. The highest BCUT2D eigenvalue weighted by atomic mass is 19.1. The second-order valence-corrected chi connectivity index (χ2v) is 4.82. The number of hydrogen-bond acceptors (Lipinski definition) is 3. The summed E-state index contributed by atoms with van der Waals surface area (Å²) in [5, 5.41) is 0. The van der Waals surface area contributed by atoms with Crippen LogP contribution in [-0.2, 0) is 13.0 Å². The molecule has 1 saturated heterocycles. The van der Waals surface area contributed by atoms with Crippen LogP contribution < -0.4 is 4.74 Å². The third-order valence-electron chi connectivity index (χ3n) is 3.52. The van der Waals surface area contributed by atoms with Gasteiger partial charge in [-0.1, -0.05) is 6.42 Å². The second kappa shape index (κ2) is 4.61. The quantitative estimate of drug-likeness (QED) is 0.786. The van der Waals surface area contributed by atoms with Crippen LogP contribution in [0.4, 0.5) is 4.39 Å². The SMILES string of the molecule is Fc1cc2c(nc1CN1CCCCC1)OCC2. The summed E-state index contributed by atoms with van der Waals surface area (Å²) in [6, 6.07) is 1.59. The molecule has 0 N–H and O–H groups in total. The molecule has 1 fully saturated rings. The molecule has 92 valence electrons. The molecule has 0 aromatic carbocycles. The van der Waals surface area contributed by atoms with Crippen molar-refractivity contribution in [1.29, 1.82) is 0 Å². The minimum Gasteiger partial charge on any atom is -0.477 e. The van der Waals surface area contributed by atoms with Crippen LogP contribution in [0.5, 0.6) is 5.88 Å². The summed E-state index contributed by atoms with van der Waals surface area (Å²) in [5.41, 5.74) is 1.44. The zero-order valence-corrected chi connectivity index (χ0v) is 9.91. The van der Waals surface area contributed by atoms with Gasteiger partial charge in [-0.15, -0.1) is 0 Å². The average molecular weight is 236 g/mol. The summed E-state index contributed by atoms with van der Waals surface area (Å²) in [5.74, 6) is 0.457. The maximum atomic E-state index is 13.9. The number of halogens is 1. The molecule has 0 spiro atoms. The lowest BCUT2D eigenvalue weighted by atomic mass is 10.1. The predicted molar refractivity (Wildman–Crippen MR) is 62.5 cm³/mol. The lowest BCUT2D eigenvalue weighted by Gasteiger charge is -2.26. The molecule has 0 atom stereocenters. The van der Waals surface area contributed by atoms with Crippen LogP contribution in [0, 0.1) is 5.82 Å². The Balaban J connectivity index is 1.78. The smallest absolute Gasteiger partial charge is 0.217 e. The van der Waals surface area contributed by atoms with Crippen molar-refractivity contribution in [2.45, 2.75) is 32.2 Å². The number of hydrogen-bond donors (Lipinski definition) is 0. The van der Waals surface area contributed by atoms with Gasteiger partial charge in [0.1, 0.15) is 5.82 Å². The van der Waals surface area contributed by atoms with Gasteiger partial charge in [-0.3, -0.25) is 4.90 Å². The normalized spacial score (nSPS) is 20.1. The van der Waals surface area contributed by atoms with Gasteiger partial charge in [0.25, 0.3) is 0 Å². The van der Waals surface area contributed by atoms with E-state index in [0.717, 1.165) is 25.1 Å². The predicted octanol–water partition coefficient (Wildman–Crippen LogP) is 2.14. The Kier molecular flexibility index (Phi) is 2.97. The largest absolute Gasteiger partial charge is 0.477 e. The first-order valence-corrected chi connectivity index (χ1v) is 6.36. The van der Waals surface area contributed by atoms with Crippen LogP contribution in [-0.4, -0.2) is 29.6 Å². The first-order chi connectivity index (χ1) is 8.33. The molecule has 2 aliphatic heterocycles. The number of piperidine rings is 1. The third kappa shape index (κ3) is 2.27. The van der Waals surface area contributed by atoms with Gasteiger partial charge in [0.05, 0.1) is 12.3 Å². The lowest BCUT2D eigenvalue weighted by molar-refractivity contribution is 0.214. The molecule has 0 saturated carbocycles. The Morgan fingerprint density at radius 3 is 2.94 bits per heavy atom. The van der Waals surface area contributed by atoms with E-state index in [-0.39, 0.29) is 5.82 Å². The second-order valence-electron chi connectivity index (χ2n) is 4.82. The summed E-state index contributed by atoms with van der Waals surface area (Å²) in [6.07, 6.45) is 4.50. The number of ether oxygens (including phenoxy) is 1. The fraction of sp³-hybridized carbons (Fsp3) is 0.615. The molecular formula is C13H17FN2O. The summed E-state index contributed by atoms with van der Waals surface area (Å²) >= 11 is 0. The number of pyridine rings is 1. The maximum absolute atomic E-state index is 13.9. The minimum absolute atomic E-state index is 0.181. The molecule has 17 heavy (non-hydrogen) atoms. The number of fused-ring (bicyclic) bond motifs is 1. The van der Waals surface area contributed by atoms with Gasteiger partial charge < -0.3 is 4.74 Å². The number of rotatable bonds is 2. The molecular weight excluding hydrogens is 219 g/mol. The Bertz CT molecular complexity index is 416. The first kappa shape index (κ1) is 11.0. The van der Waals surface area contributed by atoms with E-state index >= 15 is 0 Å². The highest BCUT2D eigenvalue weighted by Crippen LogP contribution is 2.25. The van der Waals surface area contributed by atoms with E-state index in [1.807, 2.05) is 0 Å². The van der Waals surface area contributed by atoms with E-state index in [1.165, 1.54) is 19.3 Å². The lowest BCUT2D eigenvalue weighted by Crippen LogP contribution is -2.29. The van der Waals surface area contributed by atoms with E-state index in [0.29, 0.717) is 24.7 Å².